The van der Waals surface area contributed by atoms with Crippen LogP contribution in [0, 0.1) is 29.5 Å². The summed E-state index contributed by atoms with van der Waals surface area (Å²) in [6.45, 7) is 2.75. The van der Waals surface area contributed by atoms with E-state index in [2.05, 4.69) is 11.7 Å². The first-order chi connectivity index (χ1) is 15.8. The molecule has 6 heteroatoms. The van der Waals surface area contributed by atoms with Crippen LogP contribution in [0.5, 0.6) is 11.5 Å². The highest BCUT2D eigenvalue weighted by Gasteiger charge is 2.33. The Balaban J connectivity index is 1.32. The zero-order chi connectivity index (χ0) is 23.7. The zero-order valence-corrected chi connectivity index (χ0v) is 20.0. The number of hydrogen-bond acceptors (Lipinski definition) is 2. The molecule has 33 heavy (non-hydrogen) atoms. The van der Waals surface area contributed by atoms with Crippen LogP contribution in [0.2, 0.25) is 0 Å². The summed E-state index contributed by atoms with van der Waals surface area (Å²) in [4.78, 5) is 0. The minimum absolute atomic E-state index is 0.247. The maximum atomic E-state index is 13.8. The number of benzene rings is 1. The average molecular weight is 473 g/mol. The first-order valence-electron chi connectivity index (χ1n) is 13.0. The van der Waals surface area contributed by atoms with Crippen molar-refractivity contribution in [2.45, 2.75) is 103 Å². The Hall–Kier alpha value is -1.46. The van der Waals surface area contributed by atoms with E-state index >= 15 is 0 Å². The van der Waals surface area contributed by atoms with Gasteiger partial charge in [-0.25, -0.2) is 4.39 Å². The van der Waals surface area contributed by atoms with Gasteiger partial charge in [-0.2, -0.15) is 0 Å². The van der Waals surface area contributed by atoms with Gasteiger partial charge < -0.3 is 9.47 Å². The van der Waals surface area contributed by atoms with E-state index in [0.717, 1.165) is 42.7 Å². The molecule has 0 unspecified atom stereocenters. The Morgan fingerprint density at radius 2 is 1.42 bits per heavy atom. The van der Waals surface area contributed by atoms with Crippen molar-refractivity contribution >= 4 is 0 Å². The standard InChI is InChI=1S/C27H40F4O2/c1-2-3-4-5-6-7-20-8-12-22(13-9-20)23-14-10-21(11-15-23)19-32-24-16-17-26(25(28)18-24)33-27(29,30)31/h16-18,20-23H,2-15,19H2,1H3. The molecule has 0 heterocycles. The molecule has 0 spiro atoms. The van der Waals surface area contributed by atoms with Crippen molar-refractivity contribution in [3.63, 3.8) is 0 Å². The molecule has 1 aromatic carbocycles. The van der Waals surface area contributed by atoms with Gasteiger partial charge in [-0.15, -0.1) is 13.2 Å². The summed E-state index contributed by atoms with van der Waals surface area (Å²) >= 11 is 0. The summed E-state index contributed by atoms with van der Waals surface area (Å²) in [7, 11) is 0. The van der Waals surface area contributed by atoms with Gasteiger partial charge in [-0.1, -0.05) is 58.3 Å². The fourth-order valence-corrected chi connectivity index (χ4v) is 5.80. The van der Waals surface area contributed by atoms with Crippen LogP contribution in [0.4, 0.5) is 17.6 Å². The quantitative estimate of drug-likeness (QED) is 0.236. The third-order valence-electron chi connectivity index (χ3n) is 7.78. The second kappa shape index (κ2) is 12.9. The van der Waals surface area contributed by atoms with E-state index in [9.17, 15) is 17.6 Å². The van der Waals surface area contributed by atoms with E-state index in [1.807, 2.05) is 0 Å². The number of hydrogen-bond donors (Lipinski definition) is 0. The number of rotatable bonds is 11. The largest absolute Gasteiger partial charge is 0.573 e. The van der Waals surface area contributed by atoms with Crippen molar-refractivity contribution in [1.82, 2.24) is 0 Å². The van der Waals surface area contributed by atoms with Gasteiger partial charge in [0.1, 0.15) is 5.75 Å². The van der Waals surface area contributed by atoms with E-state index in [0.29, 0.717) is 12.5 Å². The lowest BCUT2D eigenvalue weighted by atomic mass is 9.69. The van der Waals surface area contributed by atoms with Crippen molar-refractivity contribution in [3.8, 4) is 11.5 Å². The minimum atomic E-state index is -4.91. The third-order valence-corrected chi connectivity index (χ3v) is 7.78. The van der Waals surface area contributed by atoms with Crippen molar-refractivity contribution in [1.29, 1.82) is 0 Å². The van der Waals surface area contributed by atoms with Gasteiger partial charge >= 0.3 is 6.36 Å². The molecule has 2 aliphatic rings. The van der Waals surface area contributed by atoms with E-state index < -0.39 is 17.9 Å². The van der Waals surface area contributed by atoms with Gasteiger partial charge in [0.25, 0.3) is 0 Å². The molecule has 0 aromatic heterocycles. The lowest BCUT2D eigenvalue weighted by Crippen LogP contribution is -2.27. The Labute approximate surface area is 196 Å². The molecule has 0 atom stereocenters. The Bertz CT molecular complexity index is 690. The normalized spacial score (nSPS) is 26.2. The molecule has 3 rings (SSSR count). The first-order valence-corrected chi connectivity index (χ1v) is 13.0. The third kappa shape index (κ3) is 9.01. The number of alkyl halides is 3. The van der Waals surface area contributed by atoms with E-state index in [-0.39, 0.29) is 5.75 Å². The smallest absolute Gasteiger partial charge is 0.493 e. The predicted octanol–water partition coefficient (Wildman–Crippen LogP) is 9.08. The molecule has 0 amide bonds. The molecule has 2 fully saturated rings. The number of ether oxygens (including phenoxy) is 2. The summed E-state index contributed by atoms with van der Waals surface area (Å²) in [6, 6.07) is 3.27. The monoisotopic (exact) mass is 472 g/mol. The molecule has 0 N–H and O–H groups in total. The van der Waals surface area contributed by atoms with Crippen LogP contribution in [0.3, 0.4) is 0 Å². The van der Waals surface area contributed by atoms with Crippen LogP contribution in [0.15, 0.2) is 18.2 Å². The van der Waals surface area contributed by atoms with E-state index in [1.54, 1.807) is 0 Å². The molecule has 0 bridgehead atoms. The van der Waals surface area contributed by atoms with Gasteiger partial charge in [0.2, 0.25) is 0 Å². The summed E-state index contributed by atoms with van der Waals surface area (Å²) in [6.07, 6.45) is 13.7. The van der Waals surface area contributed by atoms with Crippen LogP contribution in [0.1, 0.15) is 96.8 Å². The highest BCUT2D eigenvalue weighted by molar-refractivity contribution is 5.33. The fraction of sp³-hybridized carbons (Fsp3) is 0.778. The number of unbranched alkanes of at least 4 members (excludes halogenated alkanes) is 4. The van der Waals surface area contributed by atoms with Crippen LogP contribution in [-0.4, -0.2) is 13.0 Å². The topological polar surface area (TPSA) is 18.5 Å². The van der Waals surface area contributed by atoms with Gasteiger partial charge in [-0.05, 0) is 74.3 Å². The summed E-state index contributed by atoms with van der Waals surface area (Å²) in [5.74, 6) is 1.42. The average Bonchev–Trinajstić information content (AvgIpc) is 2.79. The Kier molecular flexibility index (Phi) is 10.2. The lowest BCUT2D eigenvalue weighted by Gasteiger charge is -2.38. The summed E-state index contributed by atoms with van der Waals surface area (Å²) < 4.78 is 60.0. The highest BCUT2D eigenvalue weighted by atomic mass is 19.4. The van der Waals surface area contributed by atoms with Crippen LogP contribution in [-0.2, 0) is 0 Å². The van der Waals surface area contributed by atoms with Crippen LogP contribution in [0.25, 0.3) is 0 Å². The predicted molar refractivity (Wildman–Crippen MR) is 123 cm³/mol. The van der Waals surface area contributed by atoms with Gasteiger partial charge in [0.05, 0.1) is 6.61 Å². The molecule has 2 aliphatic carbocycles. The molecule has 188 valence electrons. The van der Waals surface area contributed by atoms with Crippen molar-refractivity contribution in [3.05, 3.63) is 24.0 Å². The lowest BCUT2D eigenvalue weighted by molar-refractivity contribution is -0.275. The van der Waals surface area contributed by atoms with E-state index in [4.69, 9.17) is 4.74 Å². The Morgan fingerprint density at radius 3 is 2.00 bits per heavy atom. The molecule has 0 aliphatic heterocycles. The molecular formula is C27H40F4O2. The summed E-state index contributed by atoms with van der Waals surface area (Å²) in [5.41, 5.74) is 0. The summed E-state index contributed by atoms with van der Waals surface area (Å²) in [5, 5.41) is 0. The van der Waals surface area contributed by atoms with Crippen molar-refractivity contribution in [2.24, 2.45) is 23.7 Å². The number of halogens is 4. The highest BCUT2D eigenvalue weighted by Crippen LogP contribution is 2.42. The molecule has 2 nitrogen and oxygen atoms in total. The maximum Gasteiger partial charge on any atom is 0.573 e. The van der Waals surface area contributed by atoms with E-state index in [1.165, 1.54) is 83.1 Å². The first kappa shape index (κ1) is 26.2. The van der Waals surface area contributed by atoms with Crippen molar-refractivity contribution in [2.75, 3.05) is 6.61 Å². The fourth-order valence-electron chi connectivity index (χ4n) is 5.80. The Morgan fingerprint density at radius 1 is 0.818 bits per heavy atom. The van der Waals surface area contributed by atoms with Crippen LogP contribution < -0.4 is 9.47 Å². The molecule has 2 saturated carbocycles. The molecular weight excluding hydrogens is 432 g/mol. The van der Waals surface area contributed by atoms with Crippen molar-refractivity contribution < 1.29 is 27.0 Å². The van der Waals surface area contributed by atoms with Gasteiger partial charge in [-0.3, -0.25) is 0 Å². The molecule has 0 radical (unpaired) electrons. The second-order valence-corrected chi connectivity index (χ2v) is 10.2. The van der Waals surface area contributed by atoms with Gasteiger partial charge in [0, 0.05) is 6.07 Å². The zero-order valence-electron chi connectivity index (χ0n) is 20.0. The second-order valence-electron chi connectivity index (χ2n) is 10.2. The van der Waals surface area contributed by atoms with Gasteiger partial charge in [0.15, 0.2) is 11.6 Å². The molecule has 0 saturated heterocycles. The molecule has 1 aromatic rings. The SMILES string of the molecule is CCCCCCCC1CCC(C2CCC(COc3ccc(OC(F)(F)F)c(F)c3)CC2)CC1. The van der Waals surface area contributed by atoms with Crippen LogP contribution >= 0.6 is 0 Å². The maximum absolute atomic E-state index is 13.8. The minimum Gasteiger partial charge on any atom is -0.493 e.